The largest absolute Gasteiger partial charge is 0.483 e. The molecule has 126 valence electrons. The van der Waals surface area contributed by atoms with E-state index in [2.05, 4.69) is 17.3 Å². The number of piperidine rings is 1. The third kappa shape index (κ3) is 4.22. The number of rotatable bonds is 0. The first-order valence-corrected chi connectivity index (χ1v) is 8.51. The molecule has 0 spiro atoms. The highest BCUT2D eigenvalue weighted by Gasteiger charge is 2.28. The van der Waals surface area contributed by atoms with Crippen molar-refractivity contribution in [1.29, 1.82) is 0 Å². The summed E-state index contributed by atoms with van der Waals surface area (Å²) in [5.74, 6) is 0.782. The highest BCUT2D eigenvalue weighted by atomic mass is 19.1. The lowest BCUT2D eigenvalue weighted by Crippen LogP contribution is -2.50. The van der Waals surface area contributed by atoms with Gasteiger partial charge in [-0.1, -0.05) is 6.42 Å². The van der Waals surface area contributed by atoms with Gasteiger partial charge in [-0.05, 0) is 69.0 Å². The van der Waals surface area contributed by atoms with Crippen molar-refractivity contribution in [3.8, 4) is 5.75 Å². The molecule has 1 amide bonds. The Morgan fingerprint density at radius 3 is 3.04 bits per heavy atom. The highest BCUT2D eigenvalue weighted by molar-refractivity contribution is 5.78. The summed E-state index contributed by atoms with van der Waals surface area (Å²) in [4.78, 5) is 14.5. The standard InChI is InChI=1S/C18H25FN2O2/c1-21-9-8-16-14(11-21)5-3-2-4-13-10-15(19)6-7-17(13)23-12-18(22)20-16/h6-7,10,14,16H,2-5,8-9,11-12H2,1H3,(H,20,22)/t14-,16+/m1/s1. The zero-order chi connectivity index (χ0) is 16.2. The molecule has 0 saturated carbocycles. The van der Waals surface area contributed by atoms with Crippen LogP contribution in [-0.2, 0) is 11.2 Å². The molecule has 4 nitrogen and oxygen atoms in total. The van der Waals surface area contributed by atoms with Crippen LogP contribution in [0.4, 0.5) is 4.39 Å². The molecule has 0 radical (unpaired) electrons. The van der Waals surface area contributed by atoms with Gasteiger partial charge < -0.3 is 15.0 Å². The number of nitrogens with one attached hydrogen (secondary N) is 1. The van der Waals surface area contributed by atoms with Gasteiger partial charge in [-0.2, -0.15) is 0 Å². The molecule has 2 aliphatic heterocycles. The third-order valence-electron chi connectivity index (χ3n) is 4.94. The van der Waals surface area contributed by atoms with Gasteiger partial charge in [0.05, 0.1) is 0 Å². The van der Waals surface area contributed by atoms with E-state index < -0.39 is 0 Å². The van der Waals surface area contributed by atoms with E-state index >= 15 is 0 Å². The van der Waals surface area contributed by atoms with Crippen LogP contribution >= 0.6 is 0 Å². The Morgan fingerprint density at radius 1 is 1.30 bits per heavy atom. The lowest BCUT2D eigenvalue weighted by atomic mass is 9.87. The van der Waals surface area contributed by atoms with Crippen LogP contribution in [0.15, 0.2) is 18.2 Å². The summed E-state index contributed by atoms with van der Waals surface area (Å²) in [5, 5.41) is 3.13. The van der Waals surface area contributed by atoms with Gasteiger partial charge in [-0.3, -0.25) is 4.79 Å². The number of benzene rings is 1. The average Bonchev–Trinajstić information content (AvgIpc) is 2.52. The molecule has 0 bridgehead atoms. The summed E-state index contributed by atoms with van der Waals surface area (Å²) < 4.78 is 19.1. The van der Waals surface area contributed by atoms with Crippen LogP contribution in [0.3, 0.4) is 0 Å². The van der Waals surface area contributed by atoms with E-state index in [1.807, 2.05) is 0 Å². The number of carbonyl (C=O) groups excluding carboxylic acids is 1. The van der Waals surface area contributed by atoms with Crippen LogP contribution in [0, 0.1) is 11.7 Å². The minimum absolute atomic E-state index is 0.00229. The lowest BCUT2D eigenvalue weighted by Gasteiger charge is -2.37. The second kappa shape index (κ2) is 7.30. The Hall–Kier alpha value is -1.62. The molecule has 0 aromatic heterocycles. The fourth-order valence-electron chi connectivity index (χ4n) is 3.69. The van der Waals surface area contributed by atoms with Crippen molar-refractivity contribution in [2.75, 3.05) is 26.7 Å². The predicted octanol–water partition coefficient (Wildman–Crippen LogP) is 2.37. The Labute approximate surface area is 137 Å². The molecule has 23 heavy (non-hydrogen) atoms. The number of ether oxygens (including phenoxy) is 1. The summed E-state index contributed by atoms with van der Waals surface area (Å²) in [6.07, 6.45) is 4.99. The number of nitrogens with zero attached hydrogens (tertiary/aromatic N) is 1. The number of hydrogen-bond donors (Lipinski definition) is 1. The summed E-state index contributed by atoms with van der Waals surface area (Å²) in [7, 11) is 2.14. The summed E-state index contributed by atoms with van der Waals surface area (Å²) in [5.41, 5.74) is 0.857. The first kappa shape index (κ1) is 16.2. The Morgan fingerprint density at radius 2 is 2.17 bits per heavy atom. The van der Waals surface area contributed by atoms with Crippen molar-refractivity contribution in [3.63, 3.8) is 0 Å². The minimum atomic E-state index is -0.252. The monoisotopic (exact) mass is 320 g/mol. The van der Waals surface area contributed by atoms with Crippen molar-refractivity contribution >= 4 is 5.91 Å². The van der Waals surface area contributed by atoms with Crippen molar-refractivity contribution in [1.82, 2.24) is 10.2 Å². The van der Waals surface area contributed by atoms with Gasteiger partial charge in [0.15, 0.2) is 6.61 Å². The maximum Gasteiger partial charge on any atom is 0.258 e. The van der Waals surface area contributed by atoms with E-state index in [0.717, 1.165) is 50.8 Å². The molecular weight excluding hydrogens is 295 g/mol. The van der Waals surface area contributed by atoms with Crippen LogP contribution in [0.1, 0.15) is 31.2 Å². The van der Waals surface area contributed by atoms with Gasteiger partial charge in [0, 0.05) is 12.6 Å². The molecule has 1 aromatic carbocycles. The van der Waals surface area contributed by atoms with Gasteiger partial charge in [0.25, 0.3) is 5.91 Å². The topological polar surface area (TPSA) is 41.6 Å². The summed E-state index contributed by atoms with van der Waals surface area (Å²) >= 11 is 0. The van der Waals surface area contributed by atoms with E-state index in [1.165, 1.54) is 12.1 Å². The second-order valence-corrected chi connectivity index (χ2v) is 6.77. The van der Waals surface area contributed by atoms with Crippen LogP contribution in [0.2, 0.25) is 0 Å². The van der Waals surface area contributed by atoms with Crippen LogP contribution in [0.25, 0.3) is 0 Å². The van der Waals surface area contributed by atoms with Crippen LogP contribution < -0.4 is 10.1 Å². The number of amides is 1. The second-order valence-electron chi connectivity index (χ2n) is 6.77. The van der Waals surface area contributed by atoms with Crippen molar-refractivity contribution in [2.24, 2.45) is 5.92 Å². The van der Waals surface area contributed by atoms with E-state index in [-0.39, 0.29) is 24.4 Å². The van der Waals surface area contributed by atoms with Gasteiger partial charge >= 0.3 is 0 Å². The molecule has 5 heteroatoms. The number of hydrogen-bond acceptors (Lipinski definition) is 3. The van der Waals surface area contributed by atoms with E-state index in [9.17, 15) is 9.18 Å². The fraction of sp³-hybridized carbons (Fsp3) is 0.611. The number of fused-ring (bicyclic) bond motifs is 2. The van der Waals surface area contributed by atoms with Gasteiger partial charge in [0.1, 0.15) is 11.6 Å². The van der Waals surface area contributed by atoms with Crippen LogP contribution in [-0.4, -0.2) is 43.6 Å². The zero-order valence-corrected chi connectivity index (χ0v) is 13.7. The smallest absolute Gasteiger partial charge is 0.258 e. The highest BCUT2D eigenvalue weighted by Crippen LogP contribution is 2.26. The Bertz CT molecular complexity index is 564. The molecule has 1 fully saturated rings. The molecule has 3 rings (SSSR count). The maximum atomic E-state index is 13.5. The Balaban J connectivity index is 1.74. The SMILES string of the molecule is CN1CC[C@@H]2NC(=O)COc3ccc(F)cc3CCCC[C@@H]2C1. The first-order valence-electron chi connectivity index (χ1n) is 8.51. The maximum absolute atomic E-state index is 13.5. The molecule has 2 aliphatic rings. The molecule has 2 heterocycles. The first-order chi connectivity index (χ1) is 11.1. The van der Waals surface area contributed by atoms with Gasteiger partial charge in [-0.25, -0.2) is 4.39 Å². The van der Waals surface area contributed by atoms with E-state index in [0.29, 0.717) is 11.7 Å². The summed E-state index contributed by atoms with van der Waals surface area (Å²) in [6.45, 7) is 2.04. The third-order valence-corrected chi connectivity index (χ3v) is 4.94. The molecule has 1 saturated heterocycles. The molecule has 0 unspecified atom stereocenters. The Kier molecular flexibility index (Phi) is 5.16. The molecular formula is C18H25FN2O2. The van der Waals surface area contributed by atoms with Crippen molar-refractivity contribution in [2.45, 2.75) is 38.1 Å². The van der Waals surface area contributed by atoms with E-state index in [4.69, 9.17) is 4.74 Å². The molecule has 0 aliphatic carbocycles. The summed E-state index contributed by atoms with van der Waals surface area (Å²) in [6, 6.07) is 4.78. The number of halogens is 1. The molecule has 1 N–H and O–H groups in total. The minimum Gasteiger partial charge on any atom is -0.483 e. The van der Waals surface area contributed by atoms with Crippen LogP contribution in [0.5, 0.6) is 5.75 Å². The average molecular weight is 320 g/mol. The van der Waals surface area contributed by atoms with Gasteiger partial charge in [0.2, 0.25) is 0 Å². The number of likely N-dealkylation sites (tertiary alicyclic amines) is 1. The van der Waals surface area contributed by atoms with Crippen molar-refractivity contribution in [3.05, 3.63) is 29.6 Å². The molecule has 2 atom stereocenters. The molecule has 1 aromatic rings. The predicted molar refractivity (Wildman–Crippen MR) is 87.0 cm³/mol. The number of carbonyl (C=O) groups is 1. The van der Waals surface area contributed by atoms with Crippen molar-refractivity contribution < 1.29 is 13.9 Å². The quantitative estimate of drug-likeness (QED) is 0.798. The number of aryl methyl sites for hydroxylation is 1. The fourth-order valence-corrected chi connectivity index (χ4v) is 3.69. The normalized spacial score (nSPS) is 26.8. The zero-order valence-electron chi connectivity index (χ0n) is 13.7. The van der Waals surface area contributed by atoms with E-state index in [1.54, 1.807) is 6.07 Å². The lowest BCUT2D eigenvalue weighted by molar-refractivity contribution is -0.124. The van der Waals surface area contributed by atoms with Gasteiger partial charge in [-0.15, -0.1) is 0 Å².